The molecule has 26 heavy (non-hydrogen) atoms. The number of fused-ring (bicyclic) bond motifs is 1. The maximum atomic E-state index is 13.2. The molecule has 2 aliphatic rings. The molecule has 0 spiro atoms. The molecule has 138 valence electrons. The molecule has 4 rings (SSSR count). The average Bonchev–Trinajstić information content (AvgIpc) is 3.27. The zero-order chi connectivity index (χ0) is 18.5. The third kappa shape index (κ3) is 2.38. The van der Waals surface area contributed by atoms with Crippen molar-refractivity contribution in [3.8, 4) is 5.82 Å². The van der Waals surface area contributed by atoms with Crippen LogP contribution in [0.1, 0.15) is 25.0 Å². The monoisotopic (exact) mass is 376 g/mol. The molecule has 1 N–H and O–H groups in total. The maximum Gasteiger partial charge on any atom is 0.311 e. The van der Waals surface area contributed by atoms with Crippen LogP contribution in [0.25, 0.3) is 5.82 Å². The van der Waals surface area contributed by atoms with E-state index in [1.165, 1.54) is 15.2 Å². The normalized spacial score (nSPS) is 26.1. The molecule has 2 aromatic rings. The summed E-state index contributed by atoms with van der Waals surface area (Å²) >= 11 is 0. The van der Waals surface area contributed by atoms with E-state index in [-0.39, 0.29) is 23.9 Å². The fraction of sp³-hybridized carbons (Fsp3) is 0.471. The molecule has 1 aliphatic carbocycles. The van der Waals surface area contributed by atoms with Crippen molar-refractivity contribution in [1.29, 1.82) is 0 Å². The lowest BCUT2D eigenvalue weighted by atomic mass is 9.81. The number of rotatable bonds is 4. The van der Waals surface area contributed by atoms with Gasteiger partial charge in [0.25, 0.3) is 0 Å². The summed E-state index contributed by atoms with van der Waals surface area (Å²) in [4.78, 5) is 16.1. The number of pyridine rings is 1. The lowest BCUT2D eigenvalue weighted by Crippen LogP contribution is -2.37. The van der Waals surface area contributed by atoms with Crippen molar-refractivity contribution < 1.29 is 18.3 Å². The number of aliphatic carboxylic acids is 1. The van der Waals surface area contributed by atoms with Gasteiger partial charge in [-0.2, -0.15) is 9.40 Å². The molecule has 8 nitrogen and oxygen atoms in total. The predicted octanol–water partition coefficient (Wildman–Crippen LogP) is 1.45. The van der Waals surface area contributed by atoms with Crippen LogP contribution in [0, 0.1) is 18.3 Å². The van der Waals surface area contributed by atoms with E-state index in [0.29, 0.717) is 17.9 Å². The third-order valence-electron chi connectivity index (χ3n) is 5.71. The molecule has 2 atom stereocenters. The summed E-state index contributed by atoms with van der Waals surface area (Å²) < 4.78 is 29.1. The number of carboxylic acids is 1. The van der Waals surface area contributed by atoms with Crippen LogP contribution in [0.15, 0.2) is 35.5 Å². The van der Waals surface area contributed by atoms with E-state index in [1.807, 2.05) is 0 Å². The Kier molecular flexibility index (Phi) is 3.89. The summed E-state index contributed by atoms with van der Waals surface area (Å²) in [6.07, 6.45) is 5.06. The van der Waals surface area contributed by atoms with Crippen LogP contribution in [0.5, 0.6) is 0 Å². The average molecular weight is 376 g/mol. The van der Waals surface area contributed by atoms with Gasteiger partial charge in [-0.3, -0.25) is 4.79 Å². The lowest BCUT2D eigenvalue weighted by molar-refractivity contribution is -0.149. The van der Waals surface area contributed by atoms with Crippen molar-refractivity contribution >= 4 is 16.0 Å². The number of hydrogen-bond donors (Lipinski definition) is 1. The van der Waals surface area contributed by atoms with Gasteiger partial charge in [-0.1, -0.05) is 12.5 Å². The molecule has 0 radical (unpaired) electrons. The van der Waals surface area contributed by atoms with E-state index in [4.69, 9.17) is 0 Å². The van der Waals surface area contributed by atoms with Crippen LogP contribution in [-0.2, 0) is 14.8 Å². The van der Waals surface area contributed by atoms with E-state index in [9.17, 15) is 18.3 Å². The van der Waals surface area contributed by atoms with Gasteiger partial charge in [0.05, 0.1) is 17.3 Å². The first kappa shape index (κ1) is 17.2. The fourth-order valence-corrected chi connectivity index (χ4v) is 5.97. The summed E-state index contributed by atoms with van der Waals surface area (Å²) in [5, 5.41) is 13.9. The first-order valence-electron chi connectivity index (χ1n) is 8.56. The Morgan fingerprint density at radius 1 is 1.38 bits per heavy atom. The highest BCUT2D eigenvalue weighted by atomic mass is 32.2. The minimum Gasteiger partial charge on any atom is -0.481 e. The molecule has 0 unspecified atom stereocenters. The molecule has 2 aromatic heterocycles. The summed E-state index contributed by atoms with van der Waals surface area (Å²) in [5.41, 5.74) is -0.483. The van der Waals surface area contributed by atoms with Gasteiger partial charge < -0.3 is 5.11 Å². The lowest BCUT2D eigenvalue weighted by Gasteiger charge is -2.23. The number of hydrogen-bond acceptors (Lipinski definition) is 5. The van der Waals surface area contributed by atoms with E-state index >= 15 is 0 Å². The first-order valence-corrected chi connectivity index (χ1v) is 10.00. The van der Waals surface area contributed by atoms with Gasteiger partial charge in [-0.15, -0.1) is 0 Å². The number of aromatic nitrogens is 3. The Hall–Kier alpha value is -2.26. The Balaban J connectivity index is 1.69. The van der Waals surface area contributed by atoms with Crippen LogP contribution in [-0.4, -0.2) is 51.7 Å². The van der Waals surface area contributed by atoms with Gasteiger partial charge in [-0.25, -0.2) is 18.1 Å². The molecular formula is C17H20N4O4S. The number of nitrogens with zero attached hydrogens (tertiary/aromatic N) is 4. The highest BCUT2D eigenvalue weighted by molar-refractivity contribution is 7.89. The van der Waals surface area contributed by atoms with Crippen molar-refractivity contribution in [2.45, 2.75) is 31.1 Å². The highest BCUT2D eigenvalue weighted by Gasteiger charge is 2.57. The van der Waals surface area contributed by atoms with Crippen molar-refractivity contribution in [2.24, 2.45) is 11.3 Å². The SMILES string of the molecule is Cc1c(S(=O)(=O)N2C[C@@H]3CCC[C@@]3(C(=O)O)C2)cnn1-c1ccccn1. The van der Waals surface area contributed by atoms with Gasteiger partial charge >= 0.3 is 5.97 Å². The van der Waals surface area contributed by atoms with Gasteiger partial charge in [0.15, 0.2) is 5.82 Å². The Morgan fingerprint density at radius 3 is 2.85 bits per heavy atom. The number of carbonyl (C=O) groups is 1. The third-order valence-corrected chi connectivity index (χ3v) is 7.63. The molecule has 0 aromatic carbocycles. The zero-order valence-corrected chi connectivity index (χ0v) is 15.2. The zero-order valence-electron chi connectivity index (χ0n) is 14.4. The van der Waals surface area contributed by atoms with Crippen LogP contribution in [0.4, 0.5) is 0 Å². The molecule has 0 bridgehead atoms. The van der Waals surface area contributed by atoms with Crippen molar-refractivity contribution in [3.63, 3.8) is 0 Å². The summed E-state index contributed by atoms with van der Waals surface area (Å²) in [5.74, 6) is -0.480. The first-order chi connectivity index (χ1) is 12.4. The minimum absolute atomic E-state index is 0.0313. The van der Waals surface area contributed by atoms with Gasteiger partial charge in [0, 0.05) is 19.3 Å². The smallest absolute Gasteiger partial charge is 0.311 e. The molecule has 1 saturated heterocycles. The van der Waals surface area contributed by atoms with Crippen LogP contribution >= 0.6 is 0 Å². The molecule has 2 fully saturated rings. The fourth-order valence-electron chi connectivity index (χ4n) is 4.27. The van der Waals surface area contributed by atoms with Crippen molar-refractivity contribution in [2.75, 3.05) is 13.1 Å². The molecule has 9 heteroatoms. The Morgan fingerprint density at radius 2 is 2.19 bits per heavy atom. The number of carboxylic acid groups (broad SMARTS) is 1. The molecule has 1 aliphatic heterocycles. The summed E-state index contributed by atoms with van der Waals surface area (Å²) in [6, 6.07) is 5.32. The van der Waals surface area contributed by atoms with E-state index in [2.05, 4.69) is 10.1 Å². The maximum absolute atomic E-state index is 13.2. The van der Waals surface area contributed by atoms with Gasteiger partial charge in [0.1, 0.15) is 4.90 Å². The second-order valence-corrected chi connectivity index (χ2v) is 8.95. The minimum atomic E-state index is -3.81. The van der Waals surface area contributed by atoms with E-state index in [0.717, 1.165) is 12.8 Å². The molecular weight excluding hydrogens is 356 g/mol. The second-order valence-electron chi connectivity index (χ2n) is 7.04. The van der Waals surface area contributed by atoms with Crippen molar-refractivity contribution in [3.05, 3.63) is 36.3 Å². The number of sulfonamides is 1. The standard InChI is InChI=1S/C17H20N4O4S/c1-12-14(9-19-21(12)15-6-2-3-8-18-15)26(24,25)20-10-13-5-4-7-17(13,11-20)16(22)23/h2-3,6,8-9,13H,4-5,7,10-11H2,1H3,(H,22,23)/t13-,17+/m0/s1. The van der Waals surface area contributed by atoms with E-state index in [1.54, 1.807) is 31.3 Å². The quantitative estimate of drug-likeness (QED) is 0.866. The topological polar surface area (TPSA) is 105 Å². The molecule has 1 saturated carbocycles. The van der Waals surface area contributed by atoms with Gasteiger partial charge in [0.2, 0.25) is 10.0 Å². The van der Waals surface area contributed by atoms with Crippen molar-refractivity contribution in [1.82, 2.24) is 19.1 Å². The Bertz CT molecular complexity index is 956. The summed E-state index contributed by atoms with van der Waals surface area (Å²) in [7, 11) is -3.81. The van der Waals surface area contributed by atoms with Crippen LogP contribution in [0.3, 0.4) is 0 Å². The predicted molar refractivity (Wildman–Crippen MR) is 92.3 cm³/mol. The van der Waals surface area contributed by atoms with Crippen LogP contribution in [0.2, 0.25) is 0 Å². The highest BCUT2D eigenvalue weighted by Crippen LogP contribution is 2.50. The van der Waals surface area contributed by atoms with E-state index < -0.39 is 21.4 Å². The molecule has 0 amide bonds. The Labute approximate surface area is 151 Å². The largest absolute Gasteiger partial charge is 0.481 e. The second kappa shape index (κ2) is 5.88. The van der Waals surface area contributed by atoms with Gasteiger partial charge in [-0.05, 0) is 37.8 Å². The molecule has 3 heterocycles. The summed E-state index contributed by atoms with van der Waals surface area (Å²) in [6.45, 7) is 1.96. The van der Waals surface area contributed by atoms with Crippen LogP contribution < -0.4 is 0 Å².